The normalized spacial score (nSPS) is 18.1. The van der Waals surface area contributed by atoms with Gasteiger partial charge in [-0.1, -0.05) is 32.0 Å². The molecule has 0 bridgehead atoms. The predicted octanol–water partition coefficient (Wildman–Crippen LogP) is 3.21. The van der Waals surface area contributed by atoms with Crippen molar-refractivity contribution < 1.29 is 9.53 Å². The summed E-state index contributed by atoms with van der Waals surface area (Å²) >= 11 is 0. The number of carbonyl (C=O) groups is 1. The molecule has 4 nitrogen and oxygen atoms in total. The third-order valence-corrected chi connectivity index (χ3v) is 4.41. The van der Waals surface area contributed by atoms with Crippen molar-refractivity contribution in [2.24, 2.45) is 0 Å². The molecular weight excluding hydrogens is 312 g/mol. The molecule has 1 saturated heterocycles. The highest BCUT2D eigenvalue weighted by Gasteiger charge is 2.27. The molecule has 2 unspecified atom stereocenters. The van der Waals surface area contributed by atoms with Crippen molar-refractivity contribution in [2.45, 2.75) is 45.1 Å². The Hall–Kier alpha value is -1.26. The molecule has 1 aliphatic heterocycles. The molecule has 1 aromatic rings. The zero-order chi connectivity index (χ0) is 15.9. The molecule has 2 atom stereocenters. The summed E-state index contributed by atoms with van der Waals surface area (Å²) in [4.78, 5) is 14.8. The van der Waals surface area contributed by atoms with Crippen molar-refractivity contribution >= 4 is 18.3 Å². The number of ether oxygens (including phenoxy) is 1. The summed E-state index contributed by atoms with van der Waals surface area (Å²) in [5.74, 6) is 1.29. The fraction of sp³-hybridized carbons (Fsp3) is 0.611. The smallest absolute Gasteiger partial charge is 0.223 e. The summed E-state index contributed by atoms with van der Waals surface area (Å²) in [6.07, 6.45) is 2.61. The molecular formula is C18H29ClN2O2. The summed E-state index contributed by atoms with van der Waals surface area (Å²) in [6, 6.07) is 8.34. The Balaban J connectivity index is 0.00000264. The summed E-state index contributed by atoms with van der Waals surface area (Å²) in [5, 5.41) is 3.36. The Morgan fingerprint density at radius 1 is 1.43 bits per heavy atom. The number of amides is 1. The van der Waals surface area contributed by atoms with Gasteiger partial charge in [-0.15, -0.1) is 12.4 Å². The molecule has 1 aliphatic rings. The second-order valence-corrected chi connectivity index (χ2v) is 6.08. The lowest BCUT2D eigenvalue weighted by Gasteiger charge is -2.29. The van der Waals surface area contributed by atoms with E-state index in [2.05, 4.69) is 30.1 Å². The van der Waals surface area contributed by atoms with E-state index < -0.39 is 0 Å². The Bertz CT molecular complexity index is 490. The number of para-hydroxylation sites is 1. The second-order valence-electron chi connectivity index (χ2n) is 6.08. The monoisotopic (exact) mass is 340 g/mol. The Kier molecular flexibility index (Phi) is 8.42. The van der Waals surface area contributed by atoms with Crippen LogP contribution in [0.3, 0.4) is 0 Å². The molecule has 1 aromatic carbocycles. The van der Waals surface area contributed by atoms with Gasteiger partial charge >= 0.3 is 0 Å². The lowest BCUT2D eigenvalue weighted by molar-refractivity contribution is -0.133. The molecule has 130 valence electrons. The van der Waals surface area contributed by atoms with E-state index in [0.29, 0.717) is 12.5 Å². The Morgan fingerprint density at radius 2 is 2.17 bits per heavy atom. The van der Waals surface area contributed by atoms with Crippen LogP contribution in [-0.4, -0.2) is 43.6 Å². The van der Waals surface area contributed by atoms with Crippen molar-refractivity contribution in [3.8, 4) is 5.75 Å². The third-order valence-electron chi connectivity index (χ3n) is 4.41. The lowest BCUT2D eigenvalue weighted by Crippen LogP contribution is -2.42. The van der Waals surface area contributed by atoms with Crippen molar-refractivity contribution in [3.05, 3.63) is 29.8 Å². The highest BCUT2D eigenvalue weighted by Crippen LogP contribution is 2.29. The number of hydrogen-bond donors (Lipinski definition) is 1. The largest absolute Gasteiger partial charge is 0.496 e. The van der Waals surface area contributed by atoms with Gasteiger partial charge in [-0.2, -0.15) is 0 Å². The molecule has 23 heavy (non-hydrogen) atoms. The van der Waals surface area contributed by atoms with Gasteiger partial charge in [-0.05, 0) is 36.9 Å². The topological polar surface area (TPSA) is 41.6 Å². The van der Waals surface area contributed by atoms with E-state index in [0.717, 1.165) is 43.8 Å². The molecule has 0 aliphatic carbocycles. The number of benzene rings is 1. The first kappa shape index (κ1) is 19.8. The molecule has 1 heterocycles. The van der Waals surface area contributed by atoms with Crippen molar-refractivity contribution in [1.29, 1.82) is 0 Å². The Labute approximate surface area is 146 Å². The first-order valence-corrected chi connectivity index (χ1v) is 8.30. The zero-order valence-corrected chi connectivity index (χ0v) is 15.2. The first-order chi connectivity index (χ1) is 10.7. The van der Waals surface area contributed by atoms with Gasteiger partial charge in [0.2, 0.25) is 5.91 Å². The van der Waals surface area contributed by atoms with E-state index in [1.165, 1.54) is 0 Å². The SMILES string of the molecule is CCCN(C(=O)CC(C)c1ccccc1OC)C1CCNC1.Cl. The fourth-order valence-electron chi connectivity index (χ4n) is 3.22. The average Bonchev–Trinajstić information content (AvgIpc) is 3.06. The number of rotatable bonds is 7. The summed E-state index contributed by atoms with van der Waals surface area (Å²) in [7, 11) is 1.68. The second kappa shape index (κ2) is 9.78. The Morgan fingerprint density at radius 3 is 2.78 bits per heavy atom. The standard InChI is InChI=1S/C18H28N2O2.ClH/c1-4-11-20(15-9-10-19-13-15)18(21)12-14(2)16-7-5-6-8-17(16)22-3;/h5-8,14-15,19H,4,9-13H2,1-3H3;1H. The number of methoxy groups -OCH3 is 1. The van der Waals surface area contributed by atoms with Crippen LogP contribution >= 0.6 is 12.4 Å². The molecule has 1 fully saturated rings. The van der Waals surface area contributed by atoms with Crippen LogP contribution in [0, 0.1) is 0 Å². The van der Waals surface area contributed by atoms with Crippen molar-refractivity contribution in [2.75, 3.05) is 26.7 Å². The maximum atomic E-state index is 12.8. The van der Waals surface area contributed by atoms with Crippen LogP contribution in [0.15, 0.2) is 24.3 Å². The minimum atomic E-state index is 0. The van der Waals surface area contributed by atoms with Crippen LogP contribution in [0.4, 0.5) is 0 Å². The maximum absolute atomic E-state index is 12.8. The van der Waals surface area contributed by atoms with E-state index in [1.807, 2.05) is 18.2 Å². The molecule has 0 aromatic heterocycles. The summed E-state index contributed by atoms with van der Waals surface area (Å²) in [5.41, 5.74) is 1.11. The number of nitrogens with zero attached hydrogens (tertiary/aromatic N) is 1. The first-order valence-electron chi connectivity index (χ1n) is 8.30. The van der Waals surface area contributed by atoms with Crippen molar-refractivity contribution in [3.63, 3.8) is 0 Å². The van der Waals surface area contributed by atoms with Gasteiger partial charge < -0.3 is 15.0 Å². The molecule has 1 amide bonds. The van der Waals surface area contributed by atoms with Crippen LogP contribution in [0.2, 0.25) is 0 Å². The van der Waals surface area contributed by atoms with Crippen LogP contribution in [0.5, 0.6) is 5.75 Å². The van der Waals surface area contributed by atoms with E-state index in [1.54, 1.807) is 7.11 Å². The van der Waals surface area contributed by atoms with Gasteiger partial charge in [0.05, 0.1) is 7.11 Å². The highest BCUT2D eigenvalue weighted by molar-refractivity contribution is 5.85. The number of halogens is 1. The van der Waals surface area contributed by atoms with Gasteiger partial charge in [-0.3, -0.25) is 4.79 Å². The van der Waals surface area contributed by atoms with Crippen LogP contribution in [0.1, 0.15) is 44.6 Å². The molecule has 0 saturated carbocycles. The maximum Gasteiger partial charge on any atom is 0.223 e. The number of carbonyl (C=O) groups excluding carboxylic acids is 1. The van der Waals surface area contributed by atoms with E-state index in [-0.39, 0.29) is 24.2 Å². The fourth-order valence-corrected chi connectivity index (χ4v) is 3.22. The minimum absolute atomic E-state index is 0. The summed E-state index contributed by atoms with van der Waals surface area (Å²) < 4.78 is 5.42. The molecule has 1 N–H and O–H groups in total. The summed E-state index contributed by atoms with van der Waals surface area (Å²) in [6.45, 7) is 7.03. The van der Waals surface area contributed by atoms with Gasteiger partial charge in [0.1, 0.15) is 5.75 Å². The van der Waals surface area contributed by atoms with Gasteiger partial charge in [0.15, 0.2) is 0 Å². The predicted molar refractivity (Wildman–Crippen MR) is 96.6 cm³/mol. The van der Waals surface area contributed by atoms with E-state index >= 15 is 0 Å². The van der Waals surface area contributed by atoms with Gasteiger partial charge in [-0.25, -0.2) is 0 Å². The molecule has 2 rings (SSSR count). The van der Waals surface area contributed by atoms with Crippen LogP contribution in [0.25, 0.3) is 0 Å². The van der Waals surface area contributed by atoms with Gasteiger partial charge in [0, 0.05) is 25.6 Å². The molecule has 0 spiro atoms. The minimum Gasteiger partial charge on any atom is -0.496 e. The van der Waals surface area contributed by atoms with Crippen molar-refractivity contribution in [1.82, 2.24) is 10.2 Å². The van der Waals surface area contributed by atoms with E-state index in [9.17, 15) is 4.79 Å². The van der Waals surface area contributed by atoms with E-state index in [4.69, 9.17) is 4.74 Å². The number of hydrogen-bond acceptors (Lipinski definition) is 3. The molecule has 0 radical (unpaired) electrons. The third kappa shape index (κ3) is 5.11. The van der Waals surface area contributed by atoms with Crippen LogP contribution in [-0.2, 0) is 4.79 Å². The van der Waals surface area contributed by atoms with Crippen LogP contribution < -0.4 is 10.1 Å². The lowest BCUT2D eigenvalue weighted by atomic mass is 9.95. The highest BCUT2D eigenvalue weighted by atomic mass is 35.5. The number of nitrogens with one attached hydrogen (secondary N) is 1. The average molecular weight is 341 g/mol. The zero-order valence-electron chi connectivity index (χ0n) is 14.4. The quantitative estimate of drug-likeness (QED) is 0.828. The molecule has 5 heteroatoms. The van der Waals surface area contributed by atoms with Gasteiger partial charge in [0.25, 0.3) is 0 Å².